The highest BCUT2D eigenvalue weighted by Gasteiger charge is 2.05. The van der Waals surface area contributed by atoms with E-state index < -0.39 is 11.6 Å². The number of hydrogen-bond acceptors (Lipinski definition) is 3. The number of anilines is 2. The van der Waals surface area contributed by atoms with Gasteiger partial charge in [-0.1, -0.05) is 0 Å². The van der Waals surface area contributed by atoms with Crippen LogP contribution in [0.1, 0.15) is 6.42 Å². The zero-order chi connectivity index (χ0) is 15.2. The Labute approximate surface area is 125 Å². The van der Waals surface area contributed by atoms with Gasteiger partial charge in [-0.2, -0.15) is 0 Å². The van der Waals surface area contributed by atoms with E-state index in [0.29, 0.717) is 22.0 Å². The average Bonchev–Trinajstić information content (AvgIpc) is 2.45. The number of benzene rings is 2. The van der Waals surface area contributed by atoms with Crippen molar-refractivity contribution >= 4 is 29.0 Å². The lowest BCUT2D eigenvalue weighted by molar-refractivity contribution is -0.115. The van der Waals surface area contributed by atoms with Gasteiger partial charge in [-0.05, 0) is 42.5 Å². The van der Waals surface area contributed by atoms with Gasteiger partial charge >= 0.3 is 0 Å². The maximum atomic E-state index is 13.0. The van der Waals surface area contributed by atoms with E-state index in [0.717, 1.165) is 12.1 Å². The summed E-state index contributed by atoms with van der Waals surface area (Å²) in [5.74, 6) is -1.42. The zero-order valence-corrected chi connectivity index (χ0v) is 11.9. The van der Waals surface area contributed by atoms with Crippen molar-refractivity contribution in [2.75, 3.05) is 16.8 Å². The molecule has 1 amide bonds. The van der Waals surface area contributed by atoms with Crippen LogP contribution < -0.4 is 11.1 Å². The van der Waals surface area contributed by atoms with E-state index in [9.17, 15) is 13.6 Å². The molecule has 0 radical (unpaired) electrons. The van der Waals surface area contributed by atoms with E-state index in [4.69, 9.17) is 5.73 Å². The number of carbonyl (C=O) groups is 1. The Balaban J connectivity index is 1.78. The SMILES string of the molecule is Nc1ccc(NC(=O)CCSc2ccc(F)c(F)c2)cc1. The minimum atomic E-state index is -0.883. The molecule has 0 aliphatic carbocycles. The van der Waals surface area contributed by atoms with Crippen LogP contribution in [-0.2, 0) is 4.79 Å². The topological polar surface area (TPSA) is 55.1 Å². The second kappa shape index (κ2) is 7.08. The molecule has 6 heteroatoms. The summed E-state index contributed by atoms with van der Waals surface area (Å²) in [5, 5.41) is 2.73. The van der Waals surface area contributed by atoms with Crippen LogP contribution in [0.3, 0.4) is 0 Å². The van der Waals surface area contributed by atoms with E-state index in [-0.39, 0.29) is 12.3 Å². The summed E-state index contributed by atoms with van der Waals surface area (Å²) in [7, 11) is 0. The number of halogens is 2. The summed E-state index contributed by atoms with van der Waals surface area (Å²) in [6, 6.07) is 10.5. The Morgan fingerprint density at radius 3 is 2.48 bits per heavy atom. The lowest BCUT2D eigenvalue weighted by Crippen LogP contribution is -2.12. The van der Waals surface area contributed by atoms with Crippen LogP contribution in [0, 0.1) is 11.6 Å². The number of nitrogens with one attached hydrogen (secondary N) is 1. The van der Waals surface area contributed by atoms with Crippen LogP contribution in [0.2, 0.25) is 0 Å². The van der Waals surface area contributed by atoms with Gasteiger partial charge in [0, 0.05) is 28.4 Å². The summed E-state index contributed by atoms with van der Waals surface area (Å²) >= 11 is 1.30. The van der Waals surface area contributed by atoms with Crippen LogP contribution in [0.5, 0.6) is 0 Å². The molecule has 3 N–H and O–H groups in total. The number of nitrogens with two attached hydrogens (primary N) is 1. The monoisotopic (exact) mass is 308 g/mol. The van der Waals surface area contributed by atoms with Gasteiger partial charge in [-0.25, -0.2) is 8.78 Å². The fourth-order valence-corrected chi connectivity index (χ4v) is 2.49. The molecule has 0 fully saturated rings. The molecule has 3 nitrogen and oxygen atoms in total. The highest BCUT2D eigenvalue weighted by molar-refractivity contribution is 7.99. The first kappa shape index (κ1) is 15.3. The Morgan fingerprint density at radius 1 is 1.10 bits per heavy atom. The lowest BCUT2D eigenvalue weighted by Gasteiger charge is -2.06. The van der Waals surface area contributed by atoms with Gasteiger partial charge in [0.05, 0.1) is 0 Å². The van der Waals surface area contributed by atoms with Crippen molar-refractivity contribution < 1.29 is 13.6 Å². The van der Waals surface area contributed by atoms with Gasteiger partial charge in [0.15, 0.2) is 11.6 Å². The van der Waals surface area contributed by atoms with E-state index in [2.05, 4.69) is 5.32 Å². The molecule has 2 aromatic carbocycles. The maximum absolute atomic E-state index is 13.0. The molecule has 0 spiro atoms. The third-order valence-corrected chi connectivity index (χ3v) is 3.68. The fraction of sp³-hybridized carbons (Fsp3) is 0.133. The molecule has 0 aromatic heterocycles. The first-order chi connectivity index (χ1) is 10.0. The molecule has 0 bridgehead atoms. The predicted octanol–water partition coefficient (Wildman–Crippen LogP) is 3.67. The van der Waals surface area contributed by atoms with Crippen molar-refractivity contribution in [2.45, 2.75) is 11.3 Å². The quantitative estimate of drug-likeness (QED) is 0.654. The number of rotatable bonds is 5. The van der Waals surface area contributed by atoms with Crippen molar-refractivity contribution in [1.82, 2.24) is 0 Å². The molecular weight excluding hydrogens is 294 g/mol. The highest BCUT2D eigenvalue weighted by Crippen LogP contribution is 2.21. The van der Waals surface area contributed by atoms with Crippen LogP contribution in [0.25, 0.3) is 0 Å². The number of amides is 1. The van der Waals surface area contributed by atoms with Crippen LogP contribution in [-0.4, -0.2) is 11.7 Å². The molecular formula is C15H14F2N2OS. The first-order valence-corrected chi connectivity index (χ1v) is 7.26. The summed E-state index contributed by atoms with van der Waals surface area (Å²) in [4.78, 5) is 12.3. The van der Waals surface area contributed by atoms with Gasteiger partial charge in [0.2, 0.25) is 5.91 Å². The van der Waals surface area contributed by atoms with Gasteiger partial charge in [0.25, 0.3) is 0 Å². The smallest absolute Gasteiger partial charge is 0.225 e. The highest BCUT2D eigenvalue weighted by atomic mass is 32.2. The van der Waals surface area contributed by atoms with Crippen molar-refractivity contribution in [3.63, 3.8) is 0 Å². The Kier molecular flexibility index (Phi) is 5.16. The van der Waals surface area contributed by atoms with E-state index in [1.807, 2.05) is 0 Å². The summed E-state index contributed by atoms with van der Waals surface area (Å²) in [6.07, 6.45) is 0.272. The van der Waals surface area contributed by atoms with Crippen molar-refractivity contribution in [3.8, 4) is 0 Å². The van der Waals surface area contributed by atoms with Crippen molar-refractivity contribution in [3.05, 3.63) is 54.1 Å². The van der Waals surface area contributed by atoms with E-state index in [1.54, 1.807) is 24.3 Å². The summed E-state index contributed by atoms with van der Waals surface area (Å²) in [6.45, 7) is 0. The Hall–Kier alpha value is -2.08. The molecule has 0 atom stereocenters. The van der Waals surface area contributed by atoms with Gasteiger partial charge in [0.1, 0.15) is 0 Å². The van der Waals surface area contributed by atoms with Gasteiger partial charge in [-0.15, -0.1) is 11.8 Å². The standard InChI is InChI=1S/C15H14F2N2OS/c16-13-6-5-12(9-14(13)17)21-8-7-15(20)19-11-3-1-10(18)2-4-11/h1-6,9H,7-8,18H2,(H,19,20). The number of carbonyl (C=O) groups excluding carboxylic acids is 1. The summed E-state index contributed by atoms with van der Waals surface area (Å²) in [5.41, 5.74) is 6.85. The minimum Gasteiger partial charge on any atom is -0.399 e. The predicted molar refractivity (Wildman–Crippen MR) is 81.2 cm³/mol. The number of nitrogen functional groups attached to an aromatic ring is 1. The Bertz CT molecular complexity index is 632. The molecule has 110 valence electrons. The largest absolute Gasteiger partial charge is 0.399 e. The molecule has 21 heavy (non-hydrogen) atoms. The molecule has 0 unspecified atom stereocenters. The molecule has 2 rings (SSSR count). The second-order valence-electron chi connectivity index (χ2n) is 4.34. The fourth-order valence-electron chi connectivity index (χ4n) is 1.62. The number of hydrogen-bond donors (Lipinski definition) is 2. The van der Waals surface area contributed by atoms with Crippen LogP contribution in [0.15, 0.2) is 47.4 Å². The molecule has 0 aliphatic rings. The van der Waals surface area contributed by atoms with Gasteiger partial charge < -0.3 is 11.1 Å². The van der Waals surface area contributed by atoms with Crippen LogP contribution >= 0.6 is 11.8 Å². The summed E-state index contributed by atoms with van der Waals surface area (Å²) < 4.78 is 25.8. The van der Waals surface area contributed by atoms with Crippen molar-refractivity contribution in [1.29, 1.82) is 0 Å². The average molecular weight is 308 g/mol. The maximum Gasteiger partial charge on any atom is 0.225 e. The third-order valence-electron chi connectivity index (χ3n) is 2.68. The van der Waals surface area contributed by atoms with Crippen molar-refractivity contribution in [2.24, 2.45) is 0 Å². The third kappa shape index (κ3) is 4.75. The molecule has 0 heterocycles. The van der Waals surface area contributed by atoms with Gasteiger partial charge in [-0.3, -0.25) is 4.79 Å². The molecule has 0 aliphatic heterocycles. The lowest BCUT2D eigenvalue weighted by atomic mass is 10.3. The molecule has 2 aromatic rings. The second-order valence-corrected chi connectivity index (χ2v) is 5.51. The normalized spacial score (nSPS) is 10.4. The number of thioether (sulfide) groups is 1. The van der Waals surface area contributed by atoms with E-state index >= 15 is 0 Å². The minimum absolute atomic E-state index is 0.144. The Morgan fingerprint density at radius 2 is 1.81 bits per heavy atom. The molecule has 0 saturated heterocycles. The van der Waals surface area contributed by atoms with Crippen LogP contribution in [0.4, 0.5) is 20.2 Å². The van der Waals surface area contributed by atoms with E-state index in [1.165, 1.54) is 17.8 Å². The zero-order valence-electron chi connectivity index (χ0n) is 11.1. The first-order valence-electron chi connectivity index (χ1n) is 6.28. The molecule has 0 saturated carbocycles.